The Morgan fingerprint density at radius 1 is 1.39 bits per heavy atom. The molecule has 0 saturated carbocycles. The number of rotatable bonds is 2. The number of amides is 1. The number of carbonyl (C=O) groups excluding carboxylic acids is 1. The summed E-state index contributed by atoms with van der Waals surface area (Å²) in [5, 5.41) is 4.05. The summed E-state index contributed by atoms with van der Waals surface area (Å²) in [6.07, 6.45) is 1.55. The number of fused-ring (bicyclic) bond motifs is 1. The molecule has 3 nitrogen and oxygen atoms in total. The summed E-state index contributed by atoms with van der Waals surface area (Å²) in [5.41, 5.74) is 0.929. The first kappa shape index (κ1) is 12.0. The molecule has 96 valence electrons. The zero-order valence-corrected chi connectivity index (χ0v) is 11.0. The number of likely N-dealkylation sites (tertiary alicyclic amines) is 1. The summed E-state index contributed by atoms with van der Waals surface area (Å²) in [4.78, 5) is 14.4. The van der Waals surface area contributed by atoms with Gasteiger partial charge in [0.25, 0.3) is 0 Å². The third-order valence-electron chi connectivity index (χ3n) is 4.07. The number of hydrogen-bond acceptors (Lipinski definition) is 2. The molecule has 1 aromatic rings. The molecular formula is C14H17ClN2O. The zero-order chi connectivity index (χ0) is 12.5. The molecule has 1 N–H and O–H groups in total. The van der Waals surface area contributed by atoms with E-state index < -0.39 is 0 Å². The minimum Gasteiger partial charge on any atom is -0.338 e. The van der Waals surface area contributed by atoms with Gasteiger partial charge in [-0.3, -0.25) is 4.79 Å². The van der Waals surface area contributed by atoms with Gasteiger partial charge in [0.1, 0.15) is 0 Å². The van der Waals surface area contributed by atoms with Crippen LogP contribution in [0.15, 0.2) is 24.3 Å². The molecule has 2 heterocycles. The standard InChI is InChI=1S/C14H17ClN2O/c15-12-4-2-1-3-10(12)7-14(18)17-6-5-11-8-16-9-13(11)17/h1-4,11,13,16H,5-9H2/t11-,13+/m0/s1. The van der Waals surface area contributed by atoms with Gasteiger partial charge in [-0.05, 0) is 24.0 Å². The van der Waals surface area contributed by atoms with Gasteiger partial charge in [0.2, 0.25) is 5.91 Å². The van der Waals surface area contributed by atoms with Crippen molar-refractivity contribution in [3.63, 3.8) is 0 Å². The molecular weight excluding hydrogens is 248 g/mol. The van der Waals surface area contributed by atoms with Gasteiger partial charge in [-0.1, -0.05) is 29.8 Å². The minimum absolute atomic E-state index is 0.208. The van der Waals surface area contributed by atoms with Gasteiger partial charge in [0.05, 0.1) is 6.42 Å². The third-order valence-corrected chi connectivity index (χ3v) is 4.43. The van der Waals surface area contributed by atoms with E-state index >= 15 is 0 Å². The minimum atomic E-state index is 0.208. The average molecular weight is 265 g/mol. The Morgan fingerprint density at radius 2 is 2.22 bits per heavy atom. The van der Waals surface area contributed by atoms with Gasteiger partial charge in [-0.25, -0.2) is 0 Å². The van der Waals surface area contributed by atoms with Crippen LogP contribution in [0, 0.1) is 5.92 Å². The van der Waals surface area contributed by atoms with E-state index in [-0.39, 0.29) is 5.91 Å². The third kappa shape index (κ3) is 2.13. The van der Waals surface area contributed by atoms with E-state index in [0.717, 1.165) is 31.6 Å². The zero-order valence-electron chi connectivity index (χ0n) is 10.2. The molecule has 2 aliphatic heterocycles. The van der Waals surface area contributed by atoms with Crippen LogP contribution in [0.2, 0.25) is 5.02 Å². The fourth-order valence-electron chi connectivity index (χ4n) is 3.07. The Bertz CT molecular complexity index is 463. The van der Waals surface area contributed by atoms with Crippen LogP contribution in [-0.2, 0) is 11.2 Å². The van der Waals surface area contributed by atoms with Crippen molar-refractivity contribution >= 4 is 17.5 Å². The monoisotopic (exact) mass is 264 g/mol. The summed E-state index contributed by atoms with van der Waals surface area (Å²) in [6, 6.07) is 8.00. The molecule has 0 aliphatic carbocycles. The second-order valence-corrected chi connectivity index (χ2v) is 5.54. The summed E-state index contributed by atoms with van der Waals surface area (Å²) in [6.45, 7) is 2.90. The fraction of sp³-hybridized carbons (Fsp3) is 0.500. The summed E-state index contributed by atoms with van der Waals surface area (Å²) >= 11 is 6.10. The van der Waals surface area contributed by atoms with Crippen LogP contribution in [-0.4, -0.2) is 36.5 Å². The Morgan fingerprint density at radius 3 is 3.06 bits per heavy atom. The quantitative estimate of drug-likeness (QED) is 0.882. The molecule has 1 aromatic carbocycles. The van der Waals surface area contributed by atoms with Gasteiger partial charge in [0.15, 0.2) is 0 Å². The topological polar surface area (TPSA) is 32.3 Å². The van der Waals surface area contributed by atoms with Crippen LogP contribution in [0.3, 0.4) is 0 Å². The van der Waals surface area contributed by atoms with Crippen molar-refractivity contribution in [2.75, 3.05) is 19.6 Å². The number of nitrogens with zero attached hydrogens (tertiary/aromatic N) is 1. The molecule has 2 fully saturated rings. The van der Waals surface area contributed by atoms with Gasteiger partial charge >= 0.3 is 0 Å². The Labute approximate surface area is 112 Å². The fourth-order valence-corrected chi connectivity index (χ4v) is 3.27. The summed E-state index contributed by atoms with van der Waals surface area (Å²) in [5.74, 6) is 0.861. The molecule has 2 atom stereocenters. The second-order valence-electron chi connectivity index (χ2n) is 5.13. The first-order valence-electron chi connectivity index (χ1n) is 6.49. The van der Waals surface area contributed by atoms with Crippen LogP contribution in [0.25, 0.3) is 0 Å². The smallest absolute Gasteiger partial charge is 0.227 e. The largest absolute Gasteiger partial charge is 0.338 e. The summed E-state index contributed by atoms with van der Waals surface area (Å²) in [7, 11) is 0. The van der Waals surface area contributed by atoms with Crippen molar-refractivity contribution < 1.29 is 4.79 Å². The van der Waals surface area contributed by atoms with Crippen LogP contribution < -0.4 is 5.32 Å². The molecule has 0 unspecified atom stereocenters. The van der Waals surface area contributed by atoms with E-state index in [1.807, 2.05) is 29.2 Å². The highest BCUT2D eigenvalue weighted by Gasteiger charge is 2.39. The number of carbonyl (C=O) groups is 1. The van der Waals surface area contributed by atoms with E-state index in [9.17, 15) is 4.79 Å². The highest BCUT2D eigenvalue weighted by Crippen LogP contribution is 2.28. The maximum atomic E-state index is 12.3. The van der Waals surface area contributed by atoms with Crippen LogP contribution in [0.5, 0.6) is 0 Å². The Hall–Kier alpha value is -1.06. The summed E-state index contributed by atoms with van der Waals surface area (Å²) < 4.78 is 0. The normalized spacial score (nSPS) is 26.4. The lowest BCUT2D eigenvalue weighted by Crippen LogP contribution is -2.39. The number of hydrogen-bond donors (Lipinski definition) is 1. The lowest BCUT2D eigenvalue weighted by atomic mass is 10.0. The van der Waals surface area contributed by atoms with Crippen molar-refractivity contribution in [3.8, 4) is 0 Å². The van der Waals surface area contributed by atoms with Crippen molar-refractivity contribution in [2.24, 2.45) is 5.92 Å². The van der Waals surface area contributed by atoms with Crippen LogP contribution in [0.1, 0.15) is 12.0 Å². The van der Waals surface area contributed by atoms with Gasteiger partial charge in [0, 0.05) is 30.7 Å². The van der Waals surface area contributed by atoms with E-state index in [1.165, 1.54) is 0 Å². The molecule has 3 rings (SSSR count). The highest BCUT2D eigenvalue weighted by atomic mass is 35.5. The van der Waals surface area contributed by atoms with E-state index in [1.54, 1.807) is 0 Å². The molecule has 0 bridgehead atoms. The number of halogens is 1. The molecule has 0 aromatic heterocycles. The van der Waals surface area contributed by atoms with E-state index in [2.05, 4.69) is 5.32 Å². The molecule has 0 spiro atoms. The lowest BCUT2D eigenvalue weighted by molar-refractivity contribution is -0.131. The average Bonchev–Trinajstić information content (AvgIpc) is 2.93. The molecule has 18 heavy (non-hydrogen) atoms. The SMILES string of the molecule is O=C(Cc1ccccc1Cl)N1CC[C@H]2CNC[C@H]21. The van der Waals surface area contributed by atoms with Crippen molar-refractivity contribution in [3.05, 3.63) is 34.9 Å². The van der Waals surface area contributed by atoms with E-state index in [4.69, 9.17) is 11.6 Å². The predicted molar refractivity (Wildman–Crippen MR) is 71.6 cm³/mol. The maximum Gasteiger partial charge on any atom is 0.227 e. The second kappa shape index (κ2) is 4.90. The maximum absolute atomic E-state index is 12.3. The lowest BCUT2D eigenvalue weighted by Gasteiger charge is -2.23. The Kier molecular flexibility index (Phi) is 3.27. The van der Waals surface area contributed by atoms with Gasteiger partial charge in [-0.2, -0.15) is 0 Å². The van der Waals surface area contributed by atoms with Crippen LogP contribution in [0.4, 0.5) is 0 Å². The van der Waals surface area contributed by atoms with E-state index in [0.29, 0.717) is 23.4 Å². The molecule has 2 aliphatic rings. The molecule has 4 heteroatoms. The van der Waals surface area contributed by atoms with Gasteiger partial charge in [-0.15, -0.1) is 0 Å². The molecule has 1 amide bonds. The van der Waals surface area contributed by atoms with Crippen LogP contribution >= 0.6 is 11.6 Å². The molecule has 0 radical (unpaired) electrons. The van der Waals surface area contributed by atoms with Crippen molar-refractivity contribution in [1.82, 2.24) is 10.2 Å². The first-order valence-corrected chi connectivity index (χ1v) is 6.87. The predicted octanol–water partition coefficient (Wildman–Crippen LogP) is 1.70. The highest BCUT2D eigenvalue weighted by molar-refractivity contribution is 6.31. The number of nitrogens with one attached hydrogen (secondary N) is 1. The van der Waals surface area contributed by atoms with Gasteiger partial charge < -0.3 is 10.2 Å². The Balaban J connectivity index is 1.70. The number of benzene rings is 1. The van der Waals surface area contributed by atoms with Crippen molar-refractivity contribution in [2.45, 2.75) is 18.9 Å². The first-order chi connectivity index (χ1) is 8.75. The van der Waals surface area contributed by atoms with Crippen molar-refractivity contribution in [1.29, 1.82) is 0 Å². The molecule has 2 saturated heterocycles.